The first-order valence-electron chi connectivity index (χ1n) is 10.2. The number of hydrogen-bond donors (Lipinski definition) is 1. The highest BCUT2D eigenvalue weighted by atomic mass is 19.4. The van der Waals surface area contributed by atoms with Gasteiger partial charge in [-0.2, -0.15) is 13.2 Å². The lowest BCUT2D eigenvalue weighted by Crippen LogP contribution is -2.45. The third-order valence-electron chi connectivity index (χ3n) is 5.81. The molecule has 0 radical (unpaired) electrons. The van der Waals surface area contributed by atoms with Crippen molar-refractivity contribution in [3.8, 4) is 0 Å². The largest absolute Gasteiger partial charge is 0.444 e. The third-order valence-corrected chi connectivity index (χ3v) is 5.81. The van der Waals surface area contributed by atoms with Crippen molar-refractivity contribution in [1.82, 2.24) is 10.2 Å². The number of hydrogen-bond acceptors (Lipinski definition) is 3. The first-order valence-corrected chi connectivity index (χ1v) is 10.2. The highest BCUT2D eigenvalue weighted by Gasteiger charge is 2.44. The Kier molecular flexibility index (Phi) is 5.82. The number of carbonyl (C=O) groups is 2. The molecule has 5 nitrogen and oxygen atoms in total. The molecule has 3 rings (SSSR count). The lowest BCUT2D eigenvalue weighted by atomic mass is 9.85. The maximum absolute atomic E-state index is 13.2. The average Bonchev–Trinajstić information content (AvgIpc) is 2.99. The Morgan fingerprint density at radius 3 is 2.53 bits per heavy atom. The number of amides is 2. The molecular weight excluding hydrogens is 397 g/mol. The molecule has 2 amide bonds. The fourth-order valence-electron chi connectivity index (χ4n) is 4.32. The summed E-state index contributed by atoms with van der Waals surface area (Å²) in [4.78, 5) is 26.9. The molecule has 1 aromatic carbocycles. The number of nitrogens with one attached hydrogen (secondary N) is 1. The van der Waals surface area contributed by atoms with Gasteiger partial charge in [0.05, 0.1) is 5.56 Å². The van der Waals surface area contributed by atoms with Gasteiger partial charge in [0.1, 0.15) is 5.60 Å². The summed E-state index contributed by atoms with van der Waals surface area (Å²) in [6.07, 6.45) is -2.62. The molecule has 1 saturated carbocycles. The van der Waals surface area contributed by atoms with Crippen LogP contribution in [0.25, 0.3) is 0 Å². The zero-order valence-corrected chi connectivity index (χ0v) is 17.9. The maximum Gasteiger partial charge on any atom is 0.416 e. The molecule has 1 N–H and O–H groups in total. The van der Waals surface area contributed by atoms with E-state index in [1.165, 1.54) is 6.07 Å². The van der Waals surface area contributed by atoms with Crippen LogP contribution in [0, 0.1) is 5.41 Å². The molecular formula is C22H29F3N2O3. The normalized spacial score (nSPS) is 24.4. The van der Waals surface area contributed by atoms with Gasteiger partial charge in [-0.1, -0.05) is 13.0 Å². The van der Waals surface area contributed by atoms with Crippen LogP contribution in [0.1, 0.15) is 63.6 Å². The van der Waals surface area contributed by atoms with Crippen LogP contribution in [0.15, 0.2) is 18.2 Å². The number of fused-ring (bicyclic) bond motifs is 1. The van der Waals surface area contributed by atoms with Crippen LogP contribution in [-0.2, 0) is 28.7 Å². The Bertz CT molecular complexity index is 832. The standard InChI is InChI=1S/C22H29F3N2O3/c1-20(2,3)30-19(29)26-17-7-9-21(4,12-17)18(28)27-10-8-14-5-6-16(22(23,24)25)11-15(14)13-27/h5-6,11,17H,7-10,12-13H2,1-4H3,(H,26,29). The number of ether oxygens (including phenoxy) is 1. The number of carbonyl (C=O) groups excluding carboxylic acids is 2. The van der Waals surface area contributed by atoms with E-state index >= 15 is 0 Å². The number of nitrogens with zero attached hydrogens (tertiary/aromatic N) is 1. The SMILES string of the molecule is CC(C)(C)OC(=O)NC1CCC(C)(C(=O)N2CCc3ccc(C(F)(F)F)cc3C2)C1. The molecule has 2 unspecified atom stereocenters. The number of benzene rings is 1. The van der Waals surface area contributed by atoms with E-state index in [1.807, 2.05) is 6.92 Å². The molecule has 2 aliphatic rings. The van der Waals surface area contributed by atoms with Crippen LogP contribution in [0.3, 0.4) is 0 Å². The number of alkyl halides is 3. The molecule has 30 heavy (non-hydrogen) atoms. The predicted molar refractivity (Wildman–Crippen MR) is 106 cm³/mol. The topological polar surface area (TPSA) is 58.6 Å². The Morgan fingerprint density at radius 2 is 1.90 bits per heavy atom. The van der Waals surface area contributed by atoms with Crippen molar-refractivity contribution in [3.05, 3.63) is 34.9 Å². The Labute approximate surface area is 175 Å². The van der Waals surface area contributed by atoms with Gasteiger partial charge in [-0.25, -0.2) is 4.79 Å². The molecule has 8 heteroatoms. The molecule has 0 bridgehead atoms. The van der Waals surface area contributed by atoms with E-state index in [9.17, 15) is 22.8 Å². The Hall–Kier alpha value is -2.25. The van der Waals surface area contributed by atoms with Crippen molar-refractivity contribution >= 4 is 12.0 Å². The highest BCUT2D eigenvalue weighted by Crippen LogP contribution is 2.41. The minimum atomic E-state index is -4.40. The first kappa shape index (κ1) is 22.4. The van der Waals surface area contributed by atoms with Crippen molar-refractivity contribution in [2.24, 2.45) is 5.41 Å². The molecule has 0 saturated heterocycles. The Morgan fingerprint density at radius 1 is 1.20 bits per heavy atom. The fourth-order valence-corrected chi connectivity index (χ4v) is 4.32. The average molecular weight is 426 g/mol. The van der Waals surface area contributed by atoms with Crippen LogP contribution < -0.4 is 5.32 Å². The molecule has 1 aliphatic carbocycles. The van der Waals surface area contributed by atoms with Crippen molar-refractivity contribution in [2.45, 2.75) is 77.7 Å². The van der Waals surface area contributed by atoms with Crippen molar-refractivity contribution in [2.75, 3.05) is 6.54 Å². The molecule has 0 aromatic heterocycles. The van der Waals surface area contributed by atoms with E-state index in [0.717, 1.165) is 17.7 Å². The zero-order chi connectivity index (χ0) is 22.3. The van der Waals surface area contributed by atoms with E-state index in [4.69, 9.17) is 4.74 Å². The summed E-state index contributed by atoms with van der Waals surface area (Å²) in [5.41, 5.74) is -0.538. The first-order chi connectivity index (χ1) is 13.8. The van der Waals surface area contributed by atoms with Crippen LogP contribution in [0.4, 0.5) is 18.0 Å². The third kappa shape index (κ3) is 5.08. The molecule has 1 aliphatic heterocycles. The van der Waals surface area contributed by atoms with E-state index in [-0.39, 0.29) is 18.5 Å². The molecule has 1 aromatic rings. The van der Waals surface area contributed by atoms with Gasteiger partial charge in [0.25, 0.3) is 0 Å². The van der Waals surface area contributed by atoms with Crippen molar-refractivity contribution in [3.63, 3.8) is 0 Å². The van der Waals surface area contributed by atoms with E-state index < -0.39 is 28.8 Å². The summed E-state index contributed by atoms with van der Waals surface area (Å²) < 4.78 is 44.4. The summed E-state index contributed by atoms with van der Waals surface area (Å²) in [6, 6.07) is 3.60. The lowest BCUT2D eigenvalue weighted by Gasteiger charge is -2.35. The minimum Gasteiger partial charge on any atom is -0.444 e. The molecule has 166 valence electrons. The second-order valence-corrected chi connectivity index (χ2v) is 9.60. The second kappa shape index (κ2) is 7.78. The molecule has 0 spiro atoms. The molecule has 2 atom stereocenters. The van der Waals surface area contributed by atoms with E-state index in [2.05, 4.69) is 5.32 Å². The van der Waals surface area contributed by atoms with E-state index in [1.54, 1.807) is 25.7 Å². The van der Waals surface area contributed by atoms with Gasteiger partial charge < -0.3 is 15.0 Å². The summed E-state index contributed by atoms with van der Waals surface area (Å²) >= 11 is 0. The van der Waals surface area contributed by atoms with Gasteiger partial charge in [0.2, 0.25) is 5.91 Å². The monoisotopic (exact) mass is 426 g/mol. The summed E-state index contributed by atoms with van der Waals surface area (Å²) in [6.45, 7) is 7.89. The molecule has 1 heterocycles. The Balaban J connectivity index is 1.65. The fraction of sp³-hybridized carbons (Fsp3) is 0.636. The highest BCUT2D eigenvalue weighted by molar-refractivity contribution is 5.83. The quantitative estimate of drug-likeness (QED) is 0.748. The summed E-state index contributed by atoms with van der Waals surface area (Å²) in [5.74, 6) is -0.0703. The zero-order valence-electron chi connectivity index (χ0n) is 17.9. The molecule has 1 fully saturated rings. The van der Waals surface area contributed by atoms with Crippen LogP contribution in [-0.4, -0.2) is 35.1 Å². The van der Waals surface area contributed by atoms with Gasteiger partial charge in [0.15, 0.2) is 0 Å². The van der Waals surface area contributed by atoms with Gasteiger partial charge in [0, 0.05) is 24.5 Å². The van der Waals surface area contributed by atoms with Crippen LogP contribution in [0.5, 0.6) is 0 Å². The lowest BCUT2D eigenvalue weighted by molar-refractivity contribution is -0.142. The number of halogens is 3. The second-order valence-electron chi connectivity index (χ2n) is 9.60. The van der Waals surface area contributed by atoms with Gasteiger partial charge >= 0.3 is 12.3 Å². The number of alkyl carbamates (subject to hydrolysis) is 1. The number of rotatable bonds is 2. The van der Waals surface area contributed by atoms with Gasteiger partial charge in [-0.05, 0) is 69.7 Å². The van der Waals surface area contributed by atoms with Crippen LogP contribution >= 0.6 is 0 Å². The van der Waals surface area contributed by atoms with Gasteiger partial charge in [-0.3, -0.25) is 4.79 Å². The summed E-state index contributed by atoms with van der Waals surface area (Å²) in [5, 5.41) is 2.83. The predicted octanol–water partition coefficient (Wildman–Crippen LogP) is 4.67. The van der Waals surface area contributed by atoms with Crippen molar-refractivity contribution in [1.29, 1.82) is 0 Å². The summed E-state index contributed by atoms with van der Waals surface area (Å²) in [7, 11) is 0. The maximum atomic E-state index is 13.2. The minimum absolute atomic E-state index is 0.0703. The van der Waals surface area contributed by atoms with Gasteiger partial charge in [-0.15, -0.1) is 0 Å². The van der Waals surface area contributed by atoms with Crippen molar-refractivity contribution < 1.29 is 27.5 Å². The van der Waals surface area contributed by atoms with E-state index in [0.29, 0.717) is 37.8 Å². The smallest absolute Gasteiger partial charge is 0.416 e. The van der Waals surface area contributed by atoms with Crippen LogP contribution in [0.2, 0.25) is 0 Å².